The summed E-state index contributed by atoms with van der Waals surface area (Å²) in [5, 5.41) is 0.705. The number of halogens is 1. The fraction of sp³-hybridized carbons (Fsp3) is 0.167. The zero-order chi connectivity index (χ0) is 11.4. The Hall–Kier alpha value is -1.45. The molecule has 4 heteroatoms. The number of benzene rings is 1. The Labute approximate surface area is 99.3 Å². The van der Waals surface area contributed by atoms with E-state index in [0.717, 1.165) is 17.1 Å². The number of rotatable bonds is 3. The first-order valence-electron chi connectivity index (χ1n) is 5.07. The second kappa shape index (κ2) is 5.05. The summed E-state index contributed by atoms with van der Waals surface area (Å²) in [5.41, 5.74) is 7.34. The summed E-state index contributed by atoms with van der Waals surface area (Å²) in [6.07, 6.45) is 2.43. The van der Waals surface area contributed by atoms with E-state index in [1.165, 1.54) is 0 Å². The largest absolute Gasteiger partial charge is 0.330 e. The third kappa shape index (κ3) is 2.56. The van der Waals surface area contributed by atoms with Crippen molar-refractivity contribution in [3.63, 3.8) is 0 Å². The van der Waals surface area contributed by atoms with Crippen LogP contribution in [0.25, 0.3) is 11.3 Å². The van der Waals surface area contributed by atoms with Crippen LogP contribution in [0.4, 0.5) is 0 Å². The van der Waals surface area contributed by atoms with Crippen LogP contribution in [-0.2, 0) is 6.42 Å². The van der Waals surface area contributed by atoms with E-state index in [1.54, 1.807) is 6.20 Å². The van der Waals surface area contributed by atoms with Gasteiger partial charge >= 0.3 is 0 Å². The predicted molar refractivity (Wildman–Crippen MR) is 65.2 cm³/mol. The van der Waals surface area contributed by atoms with Gasteiger partial charge in [-0.05, 0) is 24.7 Å². The van der Waals surface area contributed by atoms with Crippen molar-refractivity contribution in [2.45, 2.75) is 6.42 Å². The molecule has 1 aromatic heterocycles. The van der Waals surface area contributed by atoms with Crippen LogP contribution in [0.5, 0.6) is 0 Å². The first-order valence-corrected chi connectivity index (χ1v) is 5.45. The first kappa shape index (κ1) is 11.0. The zero-order valence-corrected chi connectivity index (χ0v) is 9.48. The fourth-order valence-corrected chi connectivity index (χ4v) is 1.65. The molecule has 2 N–H and O–H groups in total. The van der Waals surface area contributed by atoms with Crippen molar-refractivity contribution in [2.75, 3.05) is 6.54 Å². The van der Waals surface area contributed by atoms with E-state index in [-0.39, 0.29) is 0 Å². The fourth-order valence-electron chi connectivity index (χ4n) is 1.46. The van der Waals surface area contributed by atoms with Gasteiger partial charge in [-0.3, -0.25) is 0 Å². The van der Waals surface area contributed by atoms with Crippen LogP contribution >= 0.6 is 11.6 Å². The molecule has 0 aliphatic rings. The number of hydrogen-bond acceptors (Lipinski definition) is 3. The van der Waals surface area contributed by atoms with Gasteiger partial charge in [0.15, 0.2) is 0 Å². The molecule has 0 saturated carbocycles. The van der Waals surface area contributed by atoms with E-state index in [1.807, 2.05) is 30.3 Å². The molecule has 2 aromatic rings. The van der Waals surface area contributed by atoms with Gasteiger partial charge in [0.2, 0.25) is 0 Å². The molecule has 0 saturated heterocycles. The van der Waals surface area contributed by atoms with E-state index in [9.17, 15) is 0 Å². The second-order valence-electron chi connectivity index (χ2n) is 3.41. The van der Waals surface area contributed by atoms with Gasteiger partial charge < -0.3 is 5.73 Å². The van der Waals surface area contributed by atoms with Crippen LogP contribution in [0.2, 0.25) is 5.02 Å². The normalized spacial score (nSPS) is 10.4. The Morgan fingerprint density at radius 3 is 2.88 bits per heavy atom. The number of nitrogens with two attached hydrogens (primary N) is 1. The average Bonchev–Trinajstić information content (AvgIpc) is 2.30. The summed E-state index contributed by atoms with van der Waals surface area (Å²) in [6, 6.07) is 9.47. The van der Waals surface area contributed by atoms with Crippen LogP contribution in [0.15, 0.2) is 36.5 Å². The van der Waals surface area contributed by atoms with E-state index in [0.29, 0.717) is 18.0 Å². The summed E-state index contributed by atoms with van der Waals surface area (Å²) < 4.78 is 0. The lowest BCUT2D eigenvalue weighted by Crippen LogP contribution is -2.06. The summed E-state index contributed by atoms with van der Waals surface area (Å²) in [5.74, 6) is 0.764. The maximum atomic E-state index is 5.93. The lowest BCUT2D eigenvalue weighted by Gasteiger charge is -2.03. The van der Waals surface area contributed by atoms with E-state index in [4.69, 9.17) is 17.3 Å². The standard InChI is InChI=1S/C12H12ClN3/c13-10-3-1-2-9(8-10)11-5-7-15-12(16-11)4-6-14/h1-3,5,7-8H,4,6,14H2. The molecule has 0 aliphatic carbocycles. The Kier molecular flexibility index (Phi) is 3.49. The van der Waals surface area contributed by atoms with Gasteiger partial charge in [-0.25, -0.2) is 9.97 Å². The lowest BCUT2D eigenvalue weighted by molar-refractivity contribution is 0.869. The highest BCUT2D eigenvalue weighted by Crippen LogP contribution is 2.20. The van der Waals surface area contributed by atoms with Gasteiger partial charge in [0.25, 0.3) is 0 Å². The summed E-state index contributed by atoms with van der Waals surface area (Å²) in [7, 11) is 0. The molecule has 3 nitrogen and oxygen atoms in total. The zero-order valence-electron chi connectivity index (χ0n) is 8.73. The van der Waals surface area contributed by atoms with Crippen molar-refractivity contribution < 1.29 is 0 Å². The molecule has 0 spiro atoms. The number of hydrogen-bond donors (Lipinski definition) is 1. The molecule has 0 bridgehead atoms. The van der Waals surface area contributed by atoms with Gasteiger partial charge in [0, 0.05) is 23.2 Å². The van der Waals surface area contributed by atoms with Crippen molar-refractivity contribution in [3.8, 4) is 11.3 Å². The Balaban J connectivity index is 2.36. The molecule has 0 aliphatic heterocycles. The Bertz CT molecular complexity index is 485. The van der Waals surface area contributed by atoms with Crippen molar-refractivity contribution in [1.29, 1.82) is 0 Å². The topological polar surface area (TPSA) is 51.8 Å². The van der Waals surface area contributed by atoms with Gasteiger partial charge in [-0.1, -0.05) is 23.7 Å². The second-order valence-corrected chi connectivity index (χ2v) is 3.84. The molecule has 1 aromatic carbocycles. The van der Waals surface area contributed by atoms with Crippen molar-refractivity contribution in [1.82, 2.24) is 9.97 Å². The van der Waals surface area contributed by atoms with Crippen molar-refractivity contribution in [2.24, 2.45) is 5.73 Å². The van der Waals surface area contributed by atoms with Gasteiger partial charge in [-0.15, -0.1) is 0 Å². The van der Waals surface area contributed by atoms with Crippen molar-refractivity contribution >= 4 is 11.6 Å². The predicted octanol–water partition coefficient (Wildman–Crippen LogP) is 2.30. The highest BCUT2D eigenvalue weighted by molar-refractivity contribution is 6.30. The minimum atomic E-state index is 0.555. The third-order valence-electron chi connectivity index (χ3n) is 2.19. The molecule has 0 amide bonds. The maximum absolute atomic E-state index is 5.93. The molecule has 0 unspecified atom stereocenters. The van der Waals surface area contributed by atoms with Gasteiger partial charge in [0.05, 0.1) is 5.69 Å². The lowest BCUT2D eigenvalue weighted by atomic mass is 10.1. The van der Waals surface area contributed by atoms with Crippen LogP contribution in [-0.4, -0.2) is 16.5 Å². The molecule has 1 heterocycles. The highest BCUT2D eigenvalue weighted by atomic mass is 35.5. The molecule has 0 radical (unpaired) electrons. The minimum Gasteiger partial charge on any atom is -0.330 e. The molecular weight excluding hydrogens is 222 g/mol. The molecule has 16 heavy (non-hydrogen) atoms. The molecule has 0 atom stereocenters. The van der Waals surface area contributed by atoms with Gasteiger partial charge in [-0.2, -0.15) is 0 Å². The van der Waals surface area contributed by atoms with Crippen LogP contribution < -0.4 is 5.73 Å². The minimum absolute atomic E-state index is 0.555. The highest BCUT2D eigenvalue weighted by Gasteiger charge is 2.02. The Morgan fingerprint density at radius 1 is 1.25 bits per heavy atom. The molecule has 82 valence electrons. The molecule has 2 rings (SSSR count). The SMILES string of the molecule is NCCc1nccc(-c2cccc(Cl)c2)n1. The summed E-state index contributed by atoms with van der Waals surface area (Å²) in [6.45, 7) is 0.555. The monoisotopic (exact) mass is 233 g/mol. The number of nitrogens with zero attached hydrogens (tertiary/aromatic N) is 2. The number of aromatic nitrogens is 2. The van der Waals surface area contributed by atoms with E-state index in [2.05, 4.69) is 9.97 Å². The third-order valence-corrected chi connectivity index (χ3v) is 2.43. The van der Waals surface area contributed by atoms with E-state index < -0.39 is 0 Å². The molecular formula is C12H12ClN3. The molecule has 0 fully saturated rings. The van der Waals surface area contributed by atoms with Crippen LogP contribution in [0.1, 0.15) is 5.82 Å². The summed E-state index contributed by atoms with van der Waals surface area (Å²) in [4.78, 5) is 8.58. The van der Waals surface area contributed by atoms with E-state index >= 15 is 0 Å². The smallest absolute Gasteiger partial charge is 0.130 e. The maximum Gasteiger partial charge on any atom is 0.130 e. The van der Waals surface area contributed by atoms with Crippen LogP contribution in [0.3, 0.4) is 0 Å². The van der Waals surface area contributed by atoms with Gasteiger partial charge in [0.1, 0.15) is 5.82 Å². The first-order chi connectivity index (χ1) is 7.79. The summed E-state index contributed by atoms with van der Waals surface area (Å²) >= 11 is 5.93. The average molecular weight is 234 g/mol. The van der Waals surface area contributed by atoms with Crippen LogP contribution in [0, 0.1) is 0 Å². The Morgan fingerprint density at radius 2 is 2.12 bits per heavy atom. The van der Waals surface area contributed by atoms with Crippen molar-refractivity contribution in [3.05, 3.63) is 47.4 Å². The quantitative estimate of drug-likeness (QED) is 0.885.